The average molecular weight is 375 g/mol. The van der Waals surface area contributed by atoms with E-state index in [0.717, 1.165) is 45.0 Å². The number of nitrogens with zero attached hydrogens (tertiary/aromatic N) is 4. The first-order valence-electron chi connectivity index (χ1n) is 6.87. The fraction of sp³-hybridized carbons (Fsp3) is 0.692. The van der Waals surface area contributed by atoms with Crippen LogP contribution < -0.4 is 5.32 Å². The van der Waals surface area contributed by atoms with Gasteiger partial charge in [-0.2, -0.15) is 0 Å². The van der Waals surface area contributed by atoms with Crippen molar-refractivity contribution in [2.24, 2.45) is 4.99 Å². The van der Waals surface area contributed by atoms with Crippen LogP contribution in [0.5, 0.6) is 0 Å². The summed E-state index contributed by atoms with van der Waals surface area (Å²) in [6.07, 6.45) is 6.92. The summed E-state index contributed by atoms with van der Waals surface area (Å²) < 4.78 is 2.32. The van der Waals surface area contributed by atoms with Crippen molar-refractivity contribution in [3.8, 4) is 0 Å². The van der Waals surface area contributed by atoms with Crippen molar-refractivity contribution in [2.45, 2.75) is 32.2 Å². The highest BCUT2D eigenvalue weighted by molar-refractivity contribution is 14.0. The van der Waals surface area contributed by atoms with Gasteiger partial charge in [0.1, 0.15) is 5.82 Å². The van der Waals surface area contributed by atoms with Crippen LogP contribution in [0.15, 0.2) is 11.2 Å². The number of aliphatic imine (C=N–C) groups is 1. The molecule has 6 heteroatoms. The smallest absolute Gasteiger partial charge is 0.193 e. The highest BCUT2D eigenvalue weighted by Gasteiger charge is 2.13. The third-order valence-corrected chi connectivity index (χ3v) is 3.68. The zero-order chi connectivity index (χ0) is 12.4. The summed E-state index contributed by atoms with van der Waals surface area (Å²) in [5.74, 6) is 2.30. The Bertz CT molecular complexity index is 430. The van der Waals surface area contributed by atoms with E-state index in [9.17, 15) is 0 Å². The zero-order valence-electron chi connectivity index (χ0n) is 11.4. The van der Waals surface area contributed by atoms with Gasteiger partial charge in [-0.15, -0.1) is 24.0 Å². The van der Waals surface area contributed by atoms with Gasteiger partial charge in [-0.3, -0.25) is 4.99 Å². The SMILES string of the molecule is CN1CCN=C1NCCc1cn2c(n1)CCCC2.I. The summed E-state index contributed by atoms with van der Waals surface area (Å²) in [6.45, 7) is 4.00. The predicted octanol–water partition coefficient (Wildman–Crippen LogP) is 1.27. The largest absolute Gasteiger partial charge is 0.356 e. The molecule has 2 aliphatic heterocycles. The molecule has 3 heterocycles. The molecule has 5 nitrogen and oxygen atoms in total. The number of hydrogen-bond donors (Lipinski definition) is 1. The van der Waals surface area contributed by atoms with Gasteiger partial charge in [-0.05, 0) is 12.8 Å². The molecule has 0 aliphatic carbocycles. The van der Waals surface area contributed by atoms with E-state index in [-0.39, 0.29) is 24.0 Å². The lowest BCUT2D eigenvalue weighted by Crippen LogP contribution is -2.36. The van der Waals surface area contributed by atoms with Crippen molar-refractivity contribution in [1.29, 1.82) is 0 Å². The minimum Gasteiger partial charge on any atom is -0.356 e. The van der Waals surface area contributed by atoms with Crippen LogP contribution >= 0.6 is 24.0 Å². The molecule has 19 heavy (non-hydrogen) atoms. The maximum Gasteiger partial charge on any atom is 0.193 e. The number of imidazole rings is 1. The van der Waals surface area contributed by atoms with Crippen molar-refractivity contribution in [1.82, 2.24) is 19.8 Å². The Morgan fingerprint density at radius 3 is 2.95 bits per heavy atom. The third kappa shape index (κ3) is 3.40. The number of halogens is 1. The van der Waals surface area contributed by atoms with Crippen LogP contribution in [0.1, 0.15) is 24.4 Å². The van der Waals surface area contributed by atoms with Crippen LogP contribution in [-0.2, 0) is 19.4 Å². The lowest BCUT2D eigenvalue weighted by atomic mass is 10.2. The molecule has 0 amide bonds. The van der Waals surface area contributed by atoms with Crippen LogP contribution in [-0.4, -0.2) is 47.1 Å². The number of guanidine groups is 1. The monoisotopic (exact) mass is 375 g/mol. The standard InChI is InChI=1S/C13H21N5.HI/c1-17-9-7-15-13(17)14-6-5-11-10-18-8-3-2-4-12(18)16-11;/h10H,2-9H2,1H3,(H,14,15);1H. The Morgan fingerprint density at radius 2 is 2.21 bits per heavy atom. The number of fused-ring (bicyclic) bond motifs is 1. The summed E-state index contributed by atoms with van der Waals surface area (Å²) >= 11 is 0. The number of aryl methyl sites for hydroxylation is 2. The molecule has 0 spiro atoms. The zero-order valence-corrected chi connectivity index (χ0v) is 13.8. The molecular weight excluding hydrogens is 353 g/mol. The van der Waals surface area contributed by atoms with Crippen molar-refractivity contribution in [3.05, 3.63) is 17.7 Å². The first kappa shape index (κ1) is 14.6. The van der Waals surface area contributed by atoms with E-state index in [1.807, 2.05) is 0 Å². The van der Waals surface area contributed by atoms with Crippen LogP contribution in [0.25, 0.3) is 0 Å². The van der Waals surface area contributed by atoms with Gasteiger partial charge in [0.15, 0.2) is 5.96 Å². The summed E-state index contributed by atoms with van der Waals surface area (Å²) in [7, 11) is 2.08. The van der Waals surface area contributed by atoms with Gasteiger partial charge < -0.3 is 14.8 Å². The molecule has 3 rings (SSSR count). The van der Waals surface area contributed by atoms with E-state index in [4.69, 9.17) is 4.98 Å². The van der Waals surface area contributed by atoms with E-state index >= 15 is 0 Å². The topological polar surface area (TPSA) is 45.5 Å². The summed E-state index contributed by atoms with van der Waals surface area (Å²) in [5, 5.41) is 3.39. The minimum absolute atomic E-state index is 0. The Kier molecular flexibility index (Phi) is 5.06. The van der Waals surface area contributed by atoms with Gasteiger partial charge in [0.2, 0.25) is 0 Å². The summed E-state index contributed by atoms with van der Waals surface area (Å²) in [5.41, 5.74) is 1.21. The molecule has 0 saturated carbocycles. The van der Waals surface area contributed by atoms with Crippen molar-refractivity contribution in [2.75, 3.05) is 26.7 Å². The molecule has 0 radical (unpaired) electrons. The van der Waals surface area contributed by atoms with Crippen molar-refractivity contribution in [3.63, 3.8) is 0 Å². The Balaban J connectivity index is 0.00000133. The number of likely N-dealkylation sites (N-methyl/N-ethyl adjacent to an activating group) is 1. The maximum absolute atomic E-state index is 4.70. The van der Waals surface area contributed by atoms with Gasteiger partial charge in [-0.25, -0.2) is 4.98 Å². The molecule has 0 fully saturated rings. The van der Waals surface area contributed by atoms with E-state index in [1.165, 1.54) is 24.4 Å². The summed E-state index contributed by atoms with van der Waals surface area (Å²) in [4.78, 5) is 11.3. The van der Waals surface area contributed by atoms with Crippen LogP contribution in [0, 0.1) is 0 Å². The Labute approximate surface area is 131 Å². The van der Waals surface area contributed by atoms with Crippen LogP contribution in [0.2, 0.25) is 0 Å². The Morgan fingerprint density at radius 1 is 1.32 bits per heavy atom. The van der Waals surface area contributed by atoms with Gasteiger partial charge in [0.05, 0.1) is 12.2 Å². The second-order valence-corrected chi connectivity index (χ2v) is 5.10. The fourth-order valence-corrected chi connectivity index (χ4v) is 2.62. The number of rotatable bonds is 3. The van der Waals surface area contributed by atoms with Gasteiger partial charge in [0.25, 0.3) is 0 Å². The predicted molar refractivity (Wildman–Crippen MR) is 87.2 cm³/mol. The molecular formula is C13H22IN5. The molecule has 1 aromatic heterocycles. The maximum atomic E-state index is 4.70. The first-order valence-corrected chi connectivity index (χ1v) is 6.87. The lowest BCUT2D eigenvalue weighted by Gasteiger charge is -2.14. The molecule has 106 valence electrons. The van der Waals surface area contributed by atoms with Gasteiger partial charge in [-0.1, -0.05) is 0 Å². The highest BCUT2D eigenvalue weighted by Crippen LogP contribution is 2.14. The Hall–Kier alpha value is -0.790. The quantitative estimate of drug-likeness (QED) is 0.810. The lowest BCUT2D eigenvalue weighted by molar-refractivity contribution is 0.522. The second kappa shape index (κ2) is 6.58. The minimum atomic E-state index is 0. The van der Waals surface area contributed by atoms with Crippen molar-refractivity contribution >= 4 is 29.9 Å². The molecule has 1 N–H and O–H groups in total. The fourth-order valence-electron chi connectivity index (χ4n) is 2.62. The van der Waals surface area contributed by atoms with Crippen LogP contribution in [0.3, 0.4) is 0 Å². The summed E-state index contributed by atoms with van der Waals surface area (Å²) in [6, 6.07) is 0. The molecule has 0 bridgehead atoms. The number of aromatic nitrogens is 2. The van der Waals surface area contributed by atoms with Gasteiger partial charge >= 0.3 is 0 Å². The highest BCUT2D eigenvalue weighted by atomic mass is 127. The number of nitrogens with one attached hydrogen (secondary N) is 1. The number of hydrogen-bond acceptors (Lipinski definition) is 4. The molecule has 0 atom stereocenters. The molecule has 0 saturated heterocycles. The van der Waals surface area contributed by atoms with Crippen LogP contribution in [0.4, 0.5) is 0 Å². The van der Waals surface area contributed by atoms with Crippen molar-refractivity contribution < 1.29 is 0 Å². The van der Waals surface area contributed by atoms with E-state index < -0.39 is 0 Å². The molecule has 1 aromatic rings. The normalized spacial score (nSPS) is 17.7. The van der Waals surface area contributed by atoms with E-state index in [0.29, 0.717) is 0 Å². The second-order valence-electron chi connectivity index (χ2n) is 5.10. The van der Waals surface area contributed by atoms with E-state index in [2.05, 4.69) is 33.0 Å². The van der Waals surface area contributed by atoms with E-state index in [1.54, 1.807) is 0 Å². The van der Waals surface area contributed by atoms with Gasteiger partial charge in [0, 0.05) is 45.7 Å². The molecule has 2 aliphatic rings. The third-order valence-electron chi connectivity index (χ3n) is 3.68. The average Bonchev–Trinajstić information content (AvgIpc) is 2.96. The molecule has 0 unspecified atom stereocenters. The molecule has 0 aromatic carbocycles. The first-order chi connectivity index (χ1) is 8.83.